The van der Waals surface area contributed by atoms with Crippen molar-refractivity contribution in [3.05, 3.63) is 63.1 Å². The predicted octanol–water partition coefficient (Wildman–Crippen LogP) is 6.12. The highest BCUT2D eigenvalue weighted by Gasteiger charge is 2.23. The van der Waals surface area contributed by atoms with Gasteiger partial charge >= 0.3 is 5.97 Å². The van der Waals surface area contributed by atoms with Gasteiger partial charge in [0, 0.05) is 11.6 Å². The minimum Gasteiger partial charge on any atom is -0.489 e. The summed E-state index contributed by atoms with van der Waals surface area (Å²) >= 11 is 3.66. The number of benzene rings is 2. The summed E-state index contributed by atoms with van der Waals surface area (Å²) in [5.41, 5.74) is 5.07. The minimum atomic E-state index is -0.731. The molecule has 0 fully saturated rings. The molecule has 5 heteroatoms. The number of aryl methyl sites for hydroxylation is 1. The standard InChI is InChI=1S/C24H29BrO3.CH4O/c1-24(2,3)14-19-11-16(7-10-22(19)25)15-28-20-9-8-17-5-4-6-18(12-23(26)27)21(17)13-20;1-2/h7-11,13,18H,4-6,12,14-15H2,1-3H3,(H,26,27);2H,1H3. The number of aliphatic hydroxyl groups excluding tert-OH is 1. The lowest BCUT2D eigenvalue weighted by atomic mass is 9.81. The van der Waals surface area contributed by atoms with Crippen LogP contribution < -0.4 is 4.74 Å². The zero-order valence-electron chi connectivity index (χ0n) is 18.4. The summed E-state index contributed by atoms with van der Waals surface area (Å²) in [7, 11) is 1.00. The molecular weight excluding hydrogens is 444 g/mol. The second-order valence-corrected chi connectivity index (χ2v) is 9.85. The van der Waals surface area contributed by atoms with Crippen LogP contribution in [-0.2, 0) is 24.2 Å². The van der Waals surface area contributed by atoms with Gasteiger partial charge in [0.1, 0.15) is 12.4 Å². The molecule has 0 saturated heterocycles. The Bertz CT molecular complexity index is 855. The van der Waals surface area contributed by atoms with Crippen LogP contribution in [-0.4, -0.2) is 23.3 Å². The van der Waals surface area contributed by atoms with Crippen LogP contribution in [0.25, 0.3) is 0 Å². The molecule has 164 valence electrons. The third kappa shape index (κ3) is 7.13. The lowest BCUT2D eigenvalue weighted by Gasteiger charge is -2.25. The van der Waals surface area contributed by atoms with Crippen molar-refractivity contribution in [3.63, 3.8) is 0 Å². The van der Waals surface area contributed by atoms with Crippen molar-refractivity contribution in [2.75, 3.05) is 7.11 Å². The van der Waals surface area contributed by atoms with Crippen molar-refractivity contribution >= 4 is 21.9 Å². The maximum absolute atomic E-state index is 11.2. The summed E-state index contributed by atoms with van der Waals surface area (Å²) in [4.78, 5) is 11.2. The van der Waals surface area contributed by atoms with Gasteiger partial charge in [0.15, 0.2) is 0 Å². The van der Waals surface area contributed by atoms with E-state index >= 15 is 0 Å². The van der Waals surface area contributed by atoms with Gasteiger partial charge < -0.3 is 14.9 Å². The first-order valence-corrected chi connectivity index (χ1v) is 11.2. The van der Waals surface area contributed by atoms with E-state index in [1.807, 2.05) is 6.07 Å². The lowest BCUT2D eigenvalue weighted by Crippen LogP contribution is -2.13. The molecule has 0 bridgehead atoms. The van der Waals surface area contributed by atoms with Crippen molar-refractivity contribution in [3.8, 4) is 5.75 Å². The third-order valence-corrected chi connectivity index (χ3v) is 5.99. The van der Waals surface area contributed by atoms with Gasteiger partial charge in [-0.1, -0.05) is 54.9 Å². The van der Waals surface area contributed by atoms with E-state index in [0.29, 0.717) is 6.61 Å². The Balaban J connectivity index is 0.00000155. The number of hydrogen-bond acceptors (Lipinski definition) is 3. The van der Waals surface area contributed by atoms with E-state index in [4.69, 9.17) is 9.84 Å². The van der Waals surface area contributed by atoms with E-state index in [0.717, 1.165) is 54.1 Å². The molecule has 0 radical (unpaired) electrons. The van der Waals surface area contributed by atoms with Crippen molar-refractivity contribution < 1.29 is 19.7 Å². The van der Waals surface area contributed by atoms with Crippen LogP contribution in [0.15, 0.2) is 40.9 Å². The fourth-order valence-electron chi connectivity index (χ4n) is 3.98. The van der Waals surface area contributed by atoms with Gasteiger partial charge in [-0.25, -0.2) is 0 Å². The van der Waals surface area contributed by atoms with E-state index in [9.17, 15) is 9.90 Å². The number of ether oxygens (including phenoxy) is 1. The minimum absolute atomic E-state index is 0.0934. The number of fused-ring (bicyclic) bond motifs is 1. The Morgan fingerprint density at radius 3 is 2.57 bits per heavy atom. The molecule has 0 aromatic heterocycles. The van der Waals surface area contributed by atoms with Gasteiger partial charge in [-0.2, -0.15) is 0 Å². The molecule has 3 rings (SSSR count). The van der Waals surface area contributed by atoms with E-state index in [-0.39, 0.29) is 17.8 Å². The topological polar surface area (TPSA) is 66.8 Å². The molecule has 30 heavy (non-hydrogen) atoms. The van der Waals surface area contributed by atoms with Crippen LogP contribution in [0.2, 0.25) is 0 Å². The maximum Gasteiger partial charge on any atom is 0.303 e. The molecule has 1 aliphatic rings. The van der Waals surface area contributed by atoms with E-state index in [2.05, 4.69) is 67.0 Å². The first-order chi connectivity index (χ1) is 14.2. The zero-order chi connectivity index (χ0) is 22.3. The SMILES string of the molecule is CC(C)(C)Cc1cc(COc2ccc3c(c2)C(CC(=O)O)CCC3)ccc1Br.CO. The Hall–Kier alpha value is -1.85. The second kappa shape index (κ2) is 11.0. The van der Waals surface area contributed by atoms with Crippen LogP contribution in [0.4, 0.5) is 0 Å². The number of carboxylic acids is 1. The molecule has 1 aliphatic carbocycles. The number of aliphatic carboxylic acids is 1. The van der Waals surface area contributed by atoms with E-state index < -0.39 is 5.97 Å². The summed E-state index contributed by atoms with van der Waals surface area (Å²) in [5, 5.41) is 16.2. The highest BCUT2D eigenvalue weighted by molar-refractivity contribution is 9.10. The smallest absolute Gasteiger partial charge is 0.303 e. The Morgan fingerprint density at radius 2 is 1.90 bits per heavy atom. The van der Waals surface area contributed by atoms with Gasteiger partial charge in [0.25, 0.3) is 0 Å². The van der Waals surface area contributed by atoms with E-state index in [1.165, 1.54) is 11.1 Å². The van der Waals surface area contributed by atoms with Crippen LogP contribution in [0.1, 0.15) is 68.2 Å². The molecule has 0 spiro atoms. The Kier molecular flexibility index (Phi) is 8.92. The fourth-order valence-corrected chi connectivity index (χ4v) is 4.37. The number of halogens is 1. The third-order valence-electron chi connectivity index (χ3n) is 5.21. The molecule has 2 aromatic rings. The summed E-state index contributed by atoms with van der Waals surface area (Å²) in [5.74, 6) is 0.178. The first-order valence-electron chi connectivity index (χ1n) is 10.4. The molecule has 4 nitrogen and oxygen atoms in total. The highest BCUT2D eigenvalue weighted by atomic mass is 79.9. The normalized spacial score (nSPS) is 15.6. The van der Waals surface area contributed by atoms with Crippen molar-refractivity contribution in [1.82, 2.24) is 0 Å². The molecule has 0 heterocycles. The Labute approximate surface area is 188 Å². The molecule has 0 saturated carbocycles. The fraction of sp³-hybridized carbons (Fsp3) is 0.480. The van der Waals surface area contributed by atoms with Crippen molar-refractivity contribution in [1.29, 1.82) is 0 Å². The Morgan fingerprint density at radius 1 is 1.17 bits per heavy atom. The molecule has 0 amide bonds. The number of aliphatic hydroxyl groups is 1. The monoisotopic (exact) mass is 476 g/mol. The van der Waals surface area contributed by atoms with E-state index in [1.54, 1.807) is 0 Å². The van der Waals surface area contributed by atoms with Gasteiger partial charge in [-0.3, -0.25) is 4.79 Å². The maximum atomic E-state index is 11.2. The lowest BCUT2D eigenvalue weighted by molar-refractivity contribution is -0.137. The first kappa shape index (κ1) is 24.4. The van der Waals surface area contributed by atoms with Gasteiger partial charge in [-0.05, 0) is 77.5 Å². The second-order valence-electron chi connectivity index (χ2n) is 9.00. The van der Waals surface area contributed by atoms with Crippen LogP contribution in [0.3, 0.4) is 0 Å². The number of carbonyl (C=O) groups is 1. The molecule has 1 atom stereocenters. The zero-order valence-corrected chi connectivity index (χ0v) is 20.0. The summed E-state index contributed by atoms with van der Waals surface area (Å²) in [6.45, 7) is 7.22. The van der Waals surface area contributed by atoms with Crippen molar-refractivity contribution in [2.45, 2.75) is 65.4 Å². The highest BCUT2D eigenvalue weighted by Crippen LogP contribution is 2.36. The molecular formula is C25H33BrO4. The molecule has 1 unspecified atom stereocenters. The largest absolute Gasteiger partial charge is 0.489 e. The van der Waals surface area contributed by atoms with Gasteiger partial charge in [0.05, 0.1) is 6.42 Å². The molecule has 2 N–H and O–H groups in total. The molecule has 2 aromatic carbocycles. The number of hydrogen-bond donors (Lipinski definition) is 2. The number of carboxylic acid groups (broad SMARTS) is 1. The van der Waals surface area contributed by atoms with Crippen LogP contribution in [0, 0.1) is 5.41 Å². The average Bonchev–Trinajstić information content (AvgIpc) is 2.69. The van der Waals surface area contributed by atoms with Crippen LogP contribution in [0.5, 0.6) is 5.75 Å². The van der Waals surface area contributed by atoms with Gasteiger partial charge in [0.2, 0.25) is 0 Å². The summed E-state index contributed by atoms with van der Waals surface area (Å²) < 4.78 is 7.21. The van der Waals surface area contributed by atoms with Crippen LogP contribution >= 0.6 is 15.9 Å². The van der Waals surface area contributed by atoms with Gasteiger partial charge in [-0.15, -0.1) is 0 Å². The van der Waals surface area contributed by atoms with Crippen molar-refractivity contribution in [2.24, 2.45) is 5.41 Å². The molecule has 0 aliphatic heterocycles. The summed E-state index contributed by atoms with van der Waals surface area (Å²) in [6.07, 6.45) is 4.21. The summed E-state index contributed by atoms with van der Waals surface area (Å²) in [6, 6.07) is 12.6. The number of rotatable bonds is 6. The average molecular weight is 477 g/mol. The quantitative estimate of drug-likeness (QED) is 0.526. The predicted molar refractivity (Wildman–Crippen MR) is 124 cm³/mol.